The van der Waals surface area contributed by atoms with Crippen molar-refractivity contribution >= 4 is 28.9 Å². The van der Waals surface area contributed by atoms with E-state index in [1.165, 1.54) is 36.7 Å². The molecule has 29 heavy (non-hydrogen) atoms. The second-order valence-electron chi connectivity index (χ2n) is 5.86. The highest BCUT2D eigenvalue weighted by Gasteiger charge is 2.10. The summed E-state index contributed by atoms with van der Waals surface area (Å²) in [6.45, 7) is -0.325. The zero-order chi connectivity index (χ0) is 20.6. The van der Waals surface area contributed by atoms with Gasteiger partial charge in [0, 0.05) is 35.4 Å². The van der Waals surface area contributed by atoms with E-state index in [-0.39, 0.29) is 24.0 Å². The van der Waals surface area contributed by atoms with Crippen molar-refractivity contribution in [3.8, 4) is 5.75 Å². The molecule has 9 nitrogen and oxygen atoms in total. The van der Waals surface area contributed by atoms with Crippen LogP contribution >= 0.6 is 0 Å². The smallest absolute Gasteiger partial charge is 0.273 e. The van der Waals surface area contributed by atoms with Crippen molar-refractivity contribution in [1.29, 1.82) is 0 Å². The van der Waals surface area contributed by atoms with Crippen LogP contribution in [0, 0.1) is 10.1 Å². The number of ether oxygens (including phenoxy) is 1. The maximum atomic E-state index is 12.2. The van der Waals surface area contributed by atoms with E-state index in [0.29, 0.717) is 16.9 Å². The predicted octanol–water partition coefficient (Wildman–Crippen LogP) is 3.26. The van der Waals surface area contributed by atoms with Crippen molar-refractivity contribution < 1.29 is 19.2 Å². The quantitative estimate of drug-likeness (QED) is 0.470. The van der Waals surface area contributed by atoms with Crippen LogP contribution in [0.15, 0.2) is 73.1 Å². The number of amides is 2. The van der Waals surface area contributed by atoms with Crippen LogP contribution in [0.5, 0.6) is 5.75 Å². The van der Waals surface area contributed by atoms with E-state index in [1.807, 2.05) is 0 Å². The summed E-state index contributed by atoms with van der Waals surface area (Å²) in [5.41, 5.74) is 1.30. The topological polar surface area (TPSA) is 123 Å². The van der Waals surface area contributed by atoms with E-state index in [0.717, 1.165) is 0 Å². The van der Waals surface area contributed by atoms with Gasteiger partial charge >= 0.3 is 0 Å². The Morgan fingerprint density at radius 3 is 2.38 bits per heavy atom. The summed E-state index contributed by atoms with van der Waals surface area (Å²) in [5.74, 6) is -0.535. The molecule has 0 aliphatic carbocycles. The molecule has 3 rings (SSSR count). The molecule has 0 aliphatic rings. The third-order valence-electron chi connectivity index (χ3n) is 3.75. The lowest BCUT2D eigenvalue weighted by Crippen LogP contribution is -2.20. The van der Waals surface area contributed by atoms with Gasteiger partial charge in [-0.15, -0.1) is 0 Å². The first kappa shape index (κ1) is 19.5. The van der Waals surface area contributed by atoms with Gasteiger partial charge in [-0.3, -0.25) is 24.7 Å². The first-order valence-corrected chi connectivity index (χ1v) is 8.50. The number of nitrogens with zero attached hydrogens (tertiary/aromatic N) is 2. The van der Waals surface area contributed by atoms with Crippen LogP contribution in [0.3, 0.4) is 0 Å². The third-order valence-corrected chi connectivity index (χ3v) is 3.75. The van der Waals surface area contributed by atoms with Crippen molar-refractivity contribution in [2.45, 2.75) is 0 Å². The average Bonchev–Trinajstić information content (AvgIpc) is 2.73. The largest absolute Gasteiger partial charge is 0.484 e. The number of pyridine rings is 1. The molecule has 0 atom stereocenters. The van der Waals surface area contributed by atoms with E-state index in [2.05, 4.69) is 15.6 Å². The maximum absolute atomic E-state index is 12.2. The number of hydrogen-bond donors (Lipinski definition) is 2. The Bertz CT molecular complexity index is 1040. The minimum absolute atomic E-state index is 0.124. The maximum Gasteiger partial charge on any atom is 0.273 e. The summed E-state index contributed by atoms with van der Waals surface area (Å²) in [5, 5.41) is 16.1. The molecule has 0 unspecified atom stereocenters. The van der Waals surface area contributed by atoms with Crippen LogP contribution in [-0.4, -0.2) is 28.3 Å². The van der Waals surface area contributed by atoms with Gasteiger partial charge in [0.2, 0.25) is 0 Å². The minimum Gasteiger partial charge on any atom is -0.484 e. The molecule has 9 heteroatoms. The molecule has 0 fully saturated rings. The van der Waals surface area contributed by atoms with E-state index in [1.54, 1.807) is 36.4 Å². The zero-order valence-corrected chi connectivity index (χ0v) is 15.1. The first-order valence-electron chi connectivity index (χ1n) is 8.50. The normalized spacial score (nSPS) is 10.1. The second kappa shape index (κ2) is 9.09. The molecule has 0 saturated heterocycles. The van der Waals surface area contributed by atoms with Gasteiger partial charge in [0.05, 0.1) is 11.0 Å². The van der Waals surface area contributed by atoms with Crippen LogP contribution in [0.25, 0.3) is 0 Å². The molecule has 0 saturated carbocycles. The standard InChI is InChI=1S/C20H16N4O5/c25-19(13-29-18-6-2-5-17(12-18)24(27)28)22-15-3-1-4-16(11-15)23-20(26)14-7-9-21-10-8-14/h1-12H,13H2,(H,22,25)(H,23,26). The molecule has 2 aromatic carbocycles. The van der Waals surface area contributed by atoms with Crippen molar-refractivity contribution in [2.24, 2.45) is 0 Å². The van der Waals surface area contributed by atoms with Crippen LogP contribution < -0.4 is 15.4 Å². The van der Waals surface area contributed by atoms with Crippen molar-refractivity contribution in [3.63, 3.8) is 0 Å². The lowest BCUT2D eigenvalue weighted by Gasteiger charge is -2.10. The predicted molar refractivity (Wildman–Crippen MR) is 106 cm³/mol. The molecule has 0 spiro atoms. The molecule has 3 aromatic rings. The molecule has 1 aromatic heterocycles. The lowest BCUT2D eigenvalue weighted by atomic mass is 10.2. The molecular formula is C20H16N4O5. The van der Waals surface area contributed by atoms with Crippen LogP contribution in [-0.2, 0) is 4.79 Å². The van der Waals surface area contributed by atoms with Crippen LogP contribution in [0.1, 0.15) is 10.4 Å². The van der Waals surface area contributed by atoms with Gasteiger partial charge in [-0.1, -0.05) is 12.1 Å². The number of rotatable bonds is 7. The molecule has 0 aliphatic heterocycles. The molecule has 2 N–H and O–H groups in total. The first-order chi connectivity index (χ1) is 14.0. The van der Waals surface area contributed by atoms with Gasteiger partial charge in [0.1, 0.15) is 5.75 Å². The minimum atomic E-state index is -0.543. The number of hydrogen-bond acceptors (Lipinski definition) is 6. The highest BCUT2D eigenvalue weighted by atomic mass is 16.6. The Kier molecular flexibility index (Phi) is 6.11. The van der Waals surface area contributed by atoms with Crippen molar-refractivity contribution in [1.82, 2.24) is 4.98 Å². The number of nitro benzene ring substituents is 1. The van der Waals surface area contributed by atoms with Crippen LogP contribution in [0.2, 0.25) is 0 Å². The van der Waals surface area contributed by atoms with E-state index < -0.39 is 10.8 Å². The van der Waals surface area contributed by atoms with Gasteiger partial charge in [0.15, 0.2) is 6.61 Å². The summed E-state index contributed by atoms with van der Waals surface area (Å²) in [4.78, 5) is 38.4. The fourth-order valence-electron chi connectivity index (χ4n) is 2.41. The van der Waals surface area contributed by atoms with Crippen LogP contribution in [0.4, 0.5) is 17.1 Å². The number of aromatic nitrogens is 1. The SMILES string of the molecule is O=C(COc1cccc([N+](=O)[O-])c1)Nc1cccc(NC(=O)c2ccncc2)c1. The molecule has 2 amide bonds. The van der Waals surface area contributed by atoms with Gasteiger partial charge in [-0.2, -0.15) is 0 Å². The summed E-state index contributed by atoms with van der Waals surface area (Å²) < 4.78 is 5.29. The number of anilines is 2. The lowest BCUT2D eigenvalue weighted by molar-refractivity contribution is -0.384. The Hall–Kier alpha value is -4.27. The van der Waals surface area contributed by atoms with E-state index in [4.69, 9.17) is 4.74 Å². The van der Waals surface area contributed by atoms with Gasteiger partial charge < -0.3 is 15.4 Å². The Balaban J connectivity index is 1.57. The van der Waals surface area contributed by atoms with Gasteiger partial charge in [0.25, 0.3) is 17.5 Å². The highest BCUT2D eigenvalue weighted by molar-refractivity contribution is 6.04. The number of nitro groups is 1. The Labute approximate surface area is 165 Å². The highest BCUT2D eigenvalue weighted by Crippen LogP contribution is 2.19. The van der Waals surface area contributed by atoms with E-state index >= 15 is 0 Å². The molecular weight excluding hydrogens is 376 g/mol. The second-order valence-corrected chi connectivity index (χ2v) is 5.86. The monoisotopic (exact) mass is 392 g/mol. The number of carbonyl (C=O) groups is 2. The van der Waals surface area contributed by atoms with Gasteiger partial charge in [-0.05, 0) is 36.4 Å². The number of nitrogens with one attached hydrogen (secondary N) is 2. The summed E-state index contributed by atoms with van der Waals surface area (Å²) in [6.07, 6.45) is 3.04. The van der Waals surface area contributed by atoms with Crippen molar-refractivity contribution in [2.75, 3.05) is 17.2 Å². The Morgan fingerprint density at radius 1 is 0.966 bits per heavy atom. The Morgan fingerprint density at radius 2 is 1.66 bits per heavy atom. The summed E-state index contributed by atoms with van der Waals surface area (Å²) in [7, 11) is 0. The molecule has 0 bridgehead atoms. The number of carbonyl (C=O) groups excluding carboxylic acids is 2. The number of benzene rings is 2. The van der Waals surface area contributed by atoms with Crippen molar-refractivity contribution in [3.05, 3.63) is 88.7 Å². The van der Waals surface area contributed by atoms with Gasteiger partial charge in [-0.25, -0.2) is 0 Å². The summed E-state index contributed by atoms with van der Waals surface area (Å²) >= 11 is 0. The number of non-ortho nitro benzene ring substituents is 1. The van der Waals surface area contributed by atoms with E-state index in [9.17, 15) is 19.7 Å². The zero-order valence-electron chi connectivity index (χ0n) is 15.1. The average molecular weight is 392 g/mol. The molecule has 0 radical (unpaired) electrons. The summed E-state index contributed by atoms with van der Waals surface area (Å²) in [6, 6.07) is 15.4. The molecule has 1 heterocycles. The fourth-order valence-corrected chi connectivity index (χ4v) is 2.41. The third kappa shape index (κ3) is 5.60. The fraction of sp³-hybridized carbons (Fsp3) is 0.0500. The molecule has 146 valence electrons.